The monoisotopic (exact) mass is 442 g/mol. The fraction of sp³-hybridized carbons (Fsp3) is 1.00. The molecule has 2 nitrogen and oxygen atoms in total. The van der Waals surface area contributed by atoms with Crippen LogP contribution in [0.4, 0.5) is 0 Å². The summed E-state index contributed by atoms with van der Waals surface area (Å²) in [5.74, 6) is 0. The van der Waals surface area contributed by atoms with E-state index in [2.05, 4.69) is 48.1 Å². The van der Waals surface area contributed by atoms with Crippen molar-refractivity contribution < 1.29 is 9.47 Å². The molecule has 0 aromatic rings. The second kappa shape index (κ2) is 10.3. The maximum absolute atomic E-state index is 7.14. The van der Waals surface area contributed by atoms with Crippen LogP contribution in [0.25, 0.3) is 0 Å². The van der Waals surface area contributed by atoms with Gasteiger partial charge in [-0.1, -0.05) is 84.4 Å². The molecule has 0 aromatic carbocycles. The predicted molar refractivity (Wildman–Crippen MR) is 132 cm³/mol. The van der Waals surface area contributed by atoms with Crippen molar-refractivity contribution in [2.45, 2.75) is 133 Å². The Kier molecular flexibility index (Phi) is 9.09. The maximum atomic E-state index is 7.14. The Morgan fingerprint density at radius 1 is 0.607 bits per heavy atom. The molecule has 2 heterocycles. The molecule has 0 amide bonds. The van der Waals surface area contributed by atoms with Crippen molar-refractivity contribution in [2.24, 2.45) is 0 Å². The van der Waals surface area contributed by atoms with E-state index in [0.717, 1.165) is 13.2 Å². The Balaban J connectivity index is 2.66. The third-order valence-corrected chi connectivity index (χ3v) is 32.3. The number of hydrogen-bond donors (Lipinski definition) is 0. The van der Waals surface area contributed by atoms with Crippen LogP contribution < -0.4 is 0 Å². The molecule has 28 heavy (non-hydrogen) atoms. The van der Waals surface area contributed by atoms with Crippen LogP contribution in [0.15, 0.2) is 0 Å². The van der Waals surface area contributed by atoms with Crippen LogP contribution in [0.3, 0.4) is 0 Å². The molecule has 2 aliphatic rings. The van der Waals surface area contributed by atoms with Crippen molar-refractivity contribution in [1.82, 2.24) is 0 Å². The highest BCUT2D eigenvalue weighted by Gasteiger charge is 2.65. The molecule has 2 rings (SSSR count). The molecule has 0 saturated carbocycles. The van der Waals surface area contributed by atoms with Gasteiger partial charge in [0.25, 0.3) is 0 Å². The summed E-state index contributed by atoms with van der Waals surface area (Å²) in [7, 11) is -4.31. The second-order valence-electron chi connectivity index (χ2n) is 9.79. The Hall–Kier alpha value is 0.571. The van der Waals surface area contributed by atoms with Gasteiger partial charge in [-0.05, 0) is 38.5 Å². The molecule has 0 N–H and O–H groups in total. The molecule has 2 saturated heterocycles. The van der Waals surface area contributed by atoms with E-state index in [0.29, 0.717) is 0 Å². The Morgan fingerprint density at radius 3 is 1.14 bits per heavy atom. The second-order valence-corrected chi connectivity index (χ2v) is 25.3. The molecule has 2 unspecified atom stereocenters. The molecular weight excluding hydrogens is 393 g/mol. The van der Waals surface area contributed by atoms with Crippen LogP contribution in [-0.4, -0.2) is 47.9 Å². The third kappa shape index (κ3) is 3.69. The van der Waals surface area contributed by atoms with E-state index in [9.17, 15) is 0 Å². The molecule has 0 spiro atoms. The first kappa shape index (κ1) is 24.8. The highest BCUT2D eigenvalue weighted by molar-refractivity contribution is 7.02. The van der Waals surface area contributed by atoms with E-state index >= 15 is 0 Å². The molecule has 0 aromatic heterocycles. The van der Waals surface area contributed by atoms with Gasteiger partial charge in [-0.3, -0.25) is 0 Å². The van der Waals surface area contributed by atoms with Crippen LogP contribution >= 0.6 is 0 Å². The average molecular weight is 443 g/mol. The van der Waals surface area contributed by atoms with Gasteiger partial charge in [0.2, 0.25) is 0 Å². The summed E-state index contributed by atoms with van der Waals surface area (Å²) < 4.78 is 14.3. The lowest BCUT2D eigenvalue weighted by Crippen LogP contribution is -2.79. The van der Waals surface area contributed by atoms with E-state index < -0.39 is 24.9 Å². The summed E-state index contributed by atoms with van der Waals surface area (Å²) in [6, 6.07) is 8.37. The van der Waals surface area contributed by atoms with Gasteiger partial charge in [-0.2, -0.15) is 0 Å². The normalized spacial score (nSPS) is 31.0. The number of ether oxygens (including phenoxy) is 2. The average Bonchev–Trinajstić information content (AvgIpc) is 2.77. The van der Waals surface area contributed by atoms with Gasteiger partial charge >= 0.3 is 0 Å². The van der Waals surface area contributed by atoms with Gasteiger partial charge < -0.3 is 9.47 Å². The molecule has 166 valence electrons. The lowest BCUT2D eigenvalue weighted by atomic mass is 10.2. The van der Waals surface area contributed by atoms with Crippen molar-refractivity contribution >= 4 is 24.9 Å². The fourth-order valence-electron chi connectivity index (χ4n) is 7.74. The van der Waals surface area contributed by atoms with E-state index in [1.54, 1.807) is 0 Å². The van der Waals surface area contributed by atoms with Crippen LogP contribution in [-0.2, 0) is 9.47 Å². The van der Waals surface area contributed by atoms with E-state index in [1.807, 2.05) is 0 Å². The zero-order chi connectivity index (χ0) is 20.9. The minimum Gasteiger partial charge on any atom is -0.382 e. The van der Waals surface area contributed by atoms with Crippen molar-refractivity contribution in [3.8, 4) is 0 Å². The fourth-order valence-corrected chi connectivity index (χ4v) is 32.2. The highest BCUT2D eigenvalue weighted by atomic mass is 28.4. The quantitative estimate of drug-likeness (QED) is 0.343. The molecule has 2 fully saturated rings. The number of rotatable bonds is 10. The van der Waals surface area contributed by atoms with E-state index in [-0.39, 0.29) is 9.70 Å². The standard InChI is InChI=1S/C23H50O2Si3/c1-8-27(9-2,10-3)22(18-14-16-20-24-22)26(7)23(19-15-17-21-25-23)28(11-4,12-5)13-6/h26H,8-21H2,1-7H3. The van der Waals surface area contributed by atoms with Crippen LogP contribution in [0.1, 0.15) is 80.1 Å². The minimum atomic E-state index is -1.50. The number of hydrogen-bond acceptors (Lipinski definition) is 2. The maximum Gasteiger partial charge on any atom is 0.102 e. The summed E-state index contributed by atoms with van der Waals surface area (Å²) >= 11 is 0. The highest BCUT2D eigenvalue weighted by Crippen LogP contribution is 2.51. The molecular formula is C23H50O2Si3. The summed E-state index contributed by atoms with van der Waals surface area (Å²) in [4.78, 5) is 0.525. The first-order chi connectivity index (χ1) is 13.4. The molecule has 2 aliphatic heterocycles. The van der Waals surface area contributed by atoms with Crippen LogP contribution in [0.2, 0.25) is 42.8 Å². The molecule has 5 heteroatoms. The largest absolute Gasteiger partial charge is 0.382 e. The zero-order valence-electron chi connectivity index (χ0n) is 20.3. The zero-order valence-corrected chi connectivity index (χ0v) is 23.4. The predicted octanol–water partition coefficient (Wildman–Crippen LogP) is 6.90. The lowest BCUT2D eigenvalue weighted by molar-refractivity contribution is -0.00907. The van der Waals surface area contributed by atoms with Crippen molar-refractivity contribution in [3.63, 3.8) is 0 Å². The Labute approximate surface area is 180 Å². The first-order valence-electron chi connectivity index (χ1n) is 12.7. The topological polar surface area (TPSA) is 18.5 Å². The molecule has 0 radical (unpaired) electrons. The minimum absolute atomic E-state index is 0.262. The van der Waals surface area contributed by atoms with Gasteiger partial charge in [0.05, 0.1) is 25.8 Å². The van der Waals surface area contributed by atoms with Gasteiger partial charge in [0.15, 0.2) is 0 Å². The van der Waals surface area contributed by atoms with Crippen LogP contribution in [0.5, 0.6) is 0 Å². The summed E-state index contributed by atoms with van der Waals surface area (Å²) in [5.41, 5.74) is 0. The lowest BCUT2D eigenvalue weighted by Gasteiger charge is -2.62. The van der Waals surface area contributed by atoms with Crippen LogP contribution in [0, 0.1) is 0 Å². The smallest absolute Gasteiger partial charge is 0.102 e. The van der Waals surface area contributed by atoms with Crippen molar-refractivity contribution in [1.29, 1.82) is 0 Å². The Morgan fingerprint density at radius 2 is 0.929 bits per heavy atom. The van der Waals surface area contributed by atoms with Gasteiger partial charge in [-0.25, -0.2) is 0 Å². The molecule has 2 atom stereocenters. The first-order valence-corrected chi connectivity index (χ1v) is 20.3. The summed E-state index contributed by atoms with van der Waals surface area (Å²) in [5, 5.41) is 0. The Bertz CT molecular complexity index is 404. The SMILES string of the molecule is CC[Si](CC)(CC)C1([SiH](C)C2([Si](CC)(CC)CC)CCCCO2)CCCCO1. The van der Waals surface area contributed by atoms with Crippen molar-refractivity contribution in [3.05, 3.63) is 0 Å². The van der Waals surface area contributed by atoms with E-state index in [1.165, 1.54) is 74.8 Å². The van der Waals surface area contributed by atoms with Gasteiger partial charge in [-0.15, -0.1) is 0 Å². The van der Waals surface area contributed by atoms with Gasteiger partial charge in [0, 0.05) is 13.2 Å². The third-order valence-electron chi connectivity index (χ3n) is 9.86. The van der Waals surface area contributed by atoms with E-state index in [4.69, 9.17) is 9.47 Å². The molecule has 0 bridgehead atoms. The summed E-state index contributed by atoms with van der Waals surface area (Å²) in [6.07, 6.45) is 8.04. The summed E-state index contributed by atoms with van der Waals surface area (Å²) in [6.45, 7) is 19.8. The van der Waals surface area contributed by atoms with Crippen molar-refractivity contribution in [2.75, 3.05) is 13.2 Å². The van der Waals surface area contributed by atoms with Gasteiger partial charge in [0.1, 0.15) is 8.80 Å². The molecule has 0 aliphatic carbocycles.